The summed E-state index contributed by atoms with van der Waals surface area (Å²) in [6, 6.07) is 7.53. The Labute approximate surface area is 90.5 Å². The number of nitrogens with zero attached hydrogens (tertiary/aromatic N) is 1. The lowest BCUT2D eigenvalue weighted by Crippen LogP contribution is -2.26. The molecule has 0 spiro atoms. The molecule has 0 aliphatic heterocycles. The van der Waals surface area contributed by atoms with Gasteiger partial charge in [0.1, 0.15) is 5.75 Å². The fourth-order valence-electron chi connectivity index (χ4n) is 1.54. The lowest BCUT2D eigenvalue weighted by molar-refractivity contribution is 0.173. The molecule has 2 rings (SSSR count). The SMILES string of the molecule is COC(=O)n1c(=O)cc(O)c2ccccc21. The summed E-state index contributed by atoms with van der Waals surface area (Å²) in [5.74, 6) is -0.152. The van der Waals surface area contributed by atoms with Crippen LogP contribution >= 0.6 is 0 Å². The normalized spacial score (nSPS) is 10.3. The van der Waals surface area contributed by atoms with E-state index >= 15 is 0 Å². The molecule has 5 heteroatoms. The van der Waals surface area contributed by atoms with Crippen LogP contribution in [0.4, 0.5) is 4.79 Å². The van der Waals surface area contributed by atoms with Gasteiger partial charge in [0, 0.05) is 11.5 Å². The molecule has 0 aliphatic carbocycles. The molecule has 0 atom stereocenters. The molecule has 5 nitrogen and oxygen atoms in total. The standard InChI is InChI=1S/C11H9NO4/c1-16-11(15)12-8-5-3-2-4-7(8)9(13)6-10(12)14/h2-6,13H,1H3. The third kappa shape index (κ3) is 1.42. The smallest absolute Gasteiger partial charge is 0.421 e. The molecule has 0 bridgehead atoms. The van der Waals surface area contributed by atoms with Gasteiger partial charge < -0.3 is 9.84 Å². The van der Waals surface area contributed by atoms with Gasteiger partial charge in [0.15, 0.2) is 0 Å². The van der Waals surface area contributed by atoms with Gasteiger partial charge in [-0.15, -0.1) is 0 Å². The first-order chi connectivity index (χ1) is 7.65. The topological polar surface area (TPSA) is 68.5 Å². The molecular weight excluding hydrogens is 210 g/mol. The van der Waals surface area contributed by atoms with Crippen LogP contribution in [0.15, 0.2) is 35.1 Å². The first-order valence-electron chi connectivity index (χ1n) is 4.57. The molecule has 1 heterocycles. The average Bonchev–Trinajstić information content (AvgIpc) is 2.28. The van der Waals surface area contributed by atoms with E-state index in [1.165, 1.54) is 7.11 Å². The number of carbonyl (C=O) groups excluding carboxylic acids is 1. The molecule has 0 saturated carbocycles. The van der Waals surface area contributed by atoms with Crippen LogP contribution in [0.3, 0.4) is 0 Å². The van der Waals surface area contributed by atoms with E-state index in [2.05, 4.69) is 4.74 Å². The van der Waals surface area contributed by atoms with Crippen LogP contribution in [-0.2, 0) is 4.74 Å². The summed E-state index contributed by atoms with van der Waals surface area (Å²) in [6.07, 6.45) is -0.777. The van der Waals surface area contributed by atoms with Crippen molar-refractivity contribution >= 4 is 17.0 Å². The maximum atomic E-state index is 11.6. The van der Waals surface area contributed by atoms with Crippen LogP contribution in [0.2, 0.25) is 0 Å². The van der Waals surface area contributed by atoms with E-state index in [0.717, 1.165) is 10.6 Å². The first-order valence-corrected chi connectivity index (χ1v) is 4.57. The zero-order valence-electron chi connectivity index (χ0n) is 8.51. The summed E-state index contributed by atoms with van der Waals surface area (Å²) in [5, 5.41) is 9.99. The fourth-order valence-corrected chi connectivity index (χ4v) is 1.54. The van der Waals surface area contributed by atoms with Gasteiger partial charge in [-0.3, -0.25) is 4.79 Å². The lowest BCUT2D eigenvalue weighted by Gasteiger charge is -2.07. The third-order valence-electron chi connectivity index (χ3n) is 2.26. The largest absolute Gasteiger partial charge is 0.507 e. The van der Waals surface area contributed by atoms with Crippen LogP contribution < -0.4 is 5.56 Å². The Morgan fingerprint density at radius 2 is 2.06 bits per heavy atom. The molecule has 1 aromatic carbocycles. The molecule has 82 valence electrons. The van der Waals surface area contributed by atoms with Gasteiger partial charge in [-0.25, -0.2) is 9.36 Å². The van der Waals surface area contributed by atoms with Crippen LogP contribution in [0.5, 0.6) is 5.75 Å². The number of hydrogen-bond acceptors (Lipinski definition) is 4. The lowest BCUT2D eigenvalue weighted by atomic mass is 10.2. The van der Waals surface area contributed by atoms with E-state index in [4.69, 9.17) is 0 Å². The predicted molar refractivity (Wildman–Crippen MR) is 57.7 cm³/mol. The van der Waals surface area contributed by atoms with Gasteiger partial charge in [-0.1, -0.05) is 12.1 Å². The Kier molecular flexibility index (Phi) is 2.36. The highest BCUT2D eigenvalue weighted by Gasteiger charge is 2.13. The predicted octanol–water partition coefficient (Wildman–Crippen LogP) is 1.32. The summed E-state index contributed by atoms with van der Waals surface area (Å²) in [7, 11) is 1.19. The van der Waals surface area contributed by atoms with E-state index < -0.39 is 11.7 Å². The molecule has 0 unspecified atom stereocenters. The number of fused-ring (bicyclic) bond motifs is 1. The Morgan fingerprint density at radius 1 is 1.38 bits per heavy atom. The van der Waals surface area contributed by atoms with E-state index in [1.807, 2.05) is 0 Å². The molecule has 1 N–H and O–H groups in total. The fraction of sp³-hybridized carbons (Fsp3) is 0.0909. The molecule has 16 heavy (non-hydrogen) atoms. The number of aromatic nitrogens is 1. The number of para-hydroxylation sites is 1. The number of carbonyl (C=O) groups is 1. The van der Waals surface area contributed by atoms with Gasteiger partial charge in [-0.05, 0) is 12.1 Å². The number of methoxy groups -OCH3 is 1. The summed E-state index contributed by atoms with van der Waals surface area (Å²) >= 11 is 0. The number of rotatable bonds is 0. The zero-order valence-corrected chi connectivity index (χ0v) is 8.51. The molecule has 2 aromatic rings. The van der Waals surface area contributed by atoms with E-state index in [9.17, 15) is 14.7 Å². The second-order valence-electron chi connectivity index (χ2n) is 3.19. The van der Waals surface area contributed by atoms with Crippen molar-refractivity contribution in [2.24, 2.45) is 0 Å². The molecule has 0 fully saturated rings. The minimum Gasteiger partial charge on any atom is -0.507 e. The van der Waals surface area contributed by atoms with Crippen LogP contribution in [0.25, 0.3) is 10.9 Å². The van der Waals surface area contributed by atoms with E-state index in [0.29, 0.717) is 10.9 Å². The van der Waals surface area contributed by atoms with Crippen molar-refractivity contribution in [1.82, 2.24) is 4.57 Å². The highest BCUT2D eigenvalue weighted by molar-refractivity contribution is 5.91. The Hall–Kier alpha value is -2.30. The summed E-state index contributed by atoms with van der Waals surface area (Å²) in [6.45, 7) is 0. The molecule has 1 aromatic heterocycles. The maximum Gasteiger partial charge on any atom is 0.421 e. The monoisotopic (exact) mass is 219 g/mol. The van der Waals surface area contributed by atoms with Crippen LogP contribution in [0.1, 0.15) is 0 Å². The van der Waals surface area contributed by atoms with E-state index in [-0.39, 0.29) is 5.75 Å². The van der Waals surface area contributed by atoms with Gasteiger partial charge in [-0.2, -0.15) is 0 Å². The van der Waals surface area contributed by atoms with Crippen molar-refractivity contribution in [1.29, 1.82) is 0 Å². The molecule has 0 amide bonds. The second-order valence-corrected chi connectivity index (χ2v) is 3.19. The molecular formula is C11H9NO4. The Bertz CT molecular complexity index is 615. The highest BCUT2D eigenvalue weighted by Crippen LogP contribution is 2.21. The van der Waals surface area contributed by atoms with Gasteiger partial charge in [0.2, 0.25) is 0 Å². The first kappa shape index (κ1) is 10.2. The quantitative estimate of drug-likeness (QED) is 0.725. The van der Waals surface area contributed by atoms with Crippen molar-refractivity contribution in [2.75, 3.05) is 7.11 Å². The van der Waals surface area contributed by atoms with Gasteiger partial charge in [0.25, 0.3) is 5.56 Å². The Morgan fingerprint density at radius 3 is 2.75 bits per heavy atom. The van der Waals surface area contributed by atoms with Crippen molar-refractivity contribution < 1.29 is 14.6 Å². The van der Waals surface area contributed by atoms with Crippen molar-refractivity contribution in [2.45, 2.75) is 0 Å². The highest BCUT2D eigenvalue weighted by atomic mass is 16.5. The van der Waals surface area contributed by atoms with Crippen molar-refractivity contribution in [3.63, 3.8) is 0 Å². The number of hydrogen-bond donors (Lipinski definition) is 1. The average molecular weight is 219 g/mol. The van der Waals surface area contributed by atoms with Crippen molar-refractivity contribution in [3.8, 4) is 5.75 Å². The summed E-state index contributed by atoms with van der Waals surface area (Å²) in [5.41, 5.74) is -0.303. The minimum absolute atomic E-state index is 0.152. The van der Waals surface area contributed by atoms with E-state index in [1.54, 1.807) is 24.3 Å². The molecule has 0 saturated heterocycles. The molecule has 0 radical (unpaired) electrons. The van der Waals surface area contributed by atoms with Crippen LogP contribution in [0, 0.1) is 0 Å². The molecule has 0 aliphatic rings. The second kappa shape index (κ2) is 3.69. The number of benzene rings is 1. The number of pyridine rings is 1. The third-order valence-corrected chi connectivity index (χ3v) is 2.26. The number of aromatic hydroxyl groups is 1. The van der Waals surface area contributed by atoms with Gasteiger partial charge >= 0.3 is 6.09 Å². The summed E-state index contributed by atoms with van der Waals surface area (Å²) in [4.78, 5) is 23.0. The Balaban J connectivity index is 2.92. The number of ether oxygens (including phenoxy) is 1. The van der Waals surface area contributed by atoms with Crippen LogP contribution in [-0.4, -0.2) is 22.9 Å². The van der Waals surface area contributed by atoms with Crippen molar-refractivity contribution in [3.05, 3.63) is 40.7 Å². The minimum atomic E-state index is -0.777. The van der Waals surface area contributed by atoms with Gasteiger partial charge in [0.05, 0.1) is 12.6 Å². The zero-order chi connectivity index (χ0) is 11.7. The summed E-state index contributed by atoms with van der Waals surface area (Å²) < 4.78 is 5.38. The maximum absolute atomic E-state index is 11.6.